The Kier molecular flexibility index (Phi) is 5.48. The molecule has 1 saturated carbocycles. The van der Waals surface area contributed by atoms with Crippen molar-refractivity contribution in [2.24, 2.45) is 5.92 Å². The highest BCUT2D eigenvalue weighted by molar-refractivity contribution is 7.89. The molecule has 4 amide bonds. The number of urea groups is 1. The van der Waals surface area contributed by atoms with E-state index in [-0.39, 0.29) is 50.5 Å². The molecule has 5 rings (SSSR count). The molecule has 2 heterocycles. The fourth-order valence-corrected chi connectivity index (χ4v) is 6.70. The minimum Gasteiger partial charge on any atom is -0.338 e. The first-order valence-corrected chi connectivity index (χ1v) is 13.2. The van der Waals surface area contributed by atoms with Crippen molar-refractivity contribution in [2.45, 2.75) is 55.9 Å². The van der Waals surface area contributed by atoms with Gasteiger partial charge in [-0.2, -0.15) is 4.31 Å². The fraction of sp³-hybridized carbons (Fsp3) is 0.609. The van der Waals surface area contributed by atoms with Crippen molar-refractivity contribution in [2.75, 3.05) is 32.7 Å². The monoisotopic (exact) mass is 474 g/mol. The first-order valence-electron chi connectivity index (χ1n) is 11.7. The summed E-state index contributed by atoms with van der Waals surface area (Å²) in [4.78, 5) is 40.7. The fourth-order valence-electron chi connectivity index (χ4n) is 5.23. The predicted octanol–water partition coefficient (Wildman–Crippen LogP) is 1.12. The van der Waals surface area contributed by atoms with E-state index >= 15 is 0 Å². The summed E-state index contributed by atoms with van der Waals surface area (Å²) < 4.78 is 27.8. The Morgan fingerprint density at radius 1 is 1.06 bits per heavy atom. The van der Waals surface area contributed by atoms with Crippen LogP contribution in [0, 0.1) is 5.92 Å². The molecule has 10 heteroatoms. The van der Waals surface area contributed by atoms with Gasteiger partial charge in [-0.3, -0.25) is 14.5 Å². The second kappa shape index (κ2) is 8.09. The number of imide groups is 1. The number of fused-ring (bicyclic) bond motifs is 1. The molecule has 0 radical (unpaired) electrons. The maximum absolute atomic E-state index is 13.2. The quantitative estimate of drug-likeness (QED) is 0.644. The van der Waals surface area contributed by atoms with Crippen LogP contribution in [0.1, 0.15) is 43.7 Å². The van der Waals surface area contributed by atoms with Gasteiger partial charge in [0, 0.05) is 26.2 Å². The van der Waals surface area contributed by atoms with E-state index in [2.05, 4.69) is 5.32 Å². The first kappa shape index (κ1) is 22.3. The maximum Gasteiger partial charge on any atom is 0.325 e. The van der Waals surface area contributed by atoms with Crippen molar-refractivity contribution in [3.8, 4) is 0 Å². The predicted molar refractivity (Wildman–Crippen MR) is 120 cm³/mol. The molecular formula is C23H30N4O5S. The van der Waals surface area contributed by atoms with E-state index < -0.39 is 21.6 Å². The highest BCUT2D eigenvalue weighted by Gasteiger charge is 2.56. The Morgan fingerprint density at radius 2 is 1.73 bits per heavy atom. The summed E-state index contributed by atoms with van der Waals surface area (Å²) in [5.74, 6) is -0.562. The summed E-state index contributed by atoms with van der Waals surface area (Å²) in [6.07, 6.45) is 5.90. The molecule has 0 aromatic heterocycles. The Balaban J connectivity index is 1.21. The Hall–Kier alpha value is -2.46. The summed E-state index contributed by atoms with van der Waals surface area (Å²) >= 11 is 0. The Morgan fingerprint density at radius 3 is 2.39 bits per heavy atom. The van der Waals surface area contributed by atoms with Gasteiger partial charge in [-0.05, 0) is 74.6 Å². The zero-order chi connectivity index (χ0) is 23.4. The third-order valence-electron chi connectivity index (χ3n) is 7.54. The first-order chi connectivity index (χ1) is 15.7. The molecule has 1 aromatic rings. The number of aryl methyl sites for hydroxylation is 2. The highest BCUT2D eigenvalue weighted by atomic mass is 32.2. The maximum atomic E-state index is 13.2. The lowest BCUT2D eigenvalue weighted by atomic mass is 9.92. The lowest BCUT2D eigenvalue weighted by Crippen LogP contribution is -2.53. The number of carbonyl (C=O) groups is 3. The molecule has 0 unspecified atom stereocenters. The lowest BCUT2D eigenvalue weighted by molar-refractivity contribution is -0.139. The molecule has 0 bridgehead atoms. The number of hydrogen-bond acceptors (Lipinski definition) is 5. The molecule has 0 spiro atoms. The van der Waals surface area contributed by atoms with Gasteiger partial charge in [0.05, 0.1) is 4.90 Å². The molecule has 1 N–H and O–H groups in total. The molecule has 33 heavy (non-hydrogen) atoms. The Labute approximate surface area is 194 Å². The van der Waals surface area contributed by atoms with Crippen molar-refractivity contribution in [3.05, 3.63) is 29.3 Å². The normalized spacial score (nSPS) is 26.3. The van der Waals surface area contributed by atoms with Crippen molar-refractivity contribution >= 4 is 27.9 Å². The minimum absolute atomic E-state index is 0.131. The highest BCUT2D eigenvalue weighted by Crippen LogP contribution is 2.42. The van der Waals surface area contributed by atoms with Crippen LogP contribution in [-0.4, -0.2) is 78.6 Å². The Bertz CT molecular complexity index is 1110. The third-order valence-corrected chi connectivity index (χ3v) is 9.43. The molecule has 2 saturated heterocycles. The summed E-state index contributed by atoms with van der Waals surface area (Å²) in [6.45, 7) is 2.24. The SMILES string of the molecule is C[C@@]1(C2CC2)NC(=O)N(CC(=O)N2CCN(S(=O)(=O)c3ccc4c(c3)CCCC4)CC2)C1=O. The number of benzene rings is 1. The van der Waals surface area contributed by atoms with Gasteiger partial charge >= 0.3 is 6.03 Å². The van der Waals surface area contributed by atoms with Crippen molar-refractivity contribution in [3.63, 3.8) is 0 Å². The summed E-state index contributed by atoms with van der Waals surface area (Å²) in [5, 5.41) is 2.75. The van der Waals surface area contributed by atoms with E-state index in [9.17, 15) is 22.8 Å². The molecule has 2 aliphatic carbocycles. The smallest absolute Gasteiger partial charge is 0.325 e. The van der Waals surface area contributed by atoms with Gasteiger partial charge in [-0.15, -0.1) is 0 Å². The number of carbonyl (C=O) groups excluding carboxylic acids is 3. The van der Waals surface area contributed by atoms with Crippen molar-refractivity contribution in [1.29, 1.82) is 0 Å². The average molecular weight is 475 g/mol. The molecule has 2 aliphatic heterocycles. The molecular weight excluding hydrogens is 444 g/mol. The van der Waals surface area contributed by atoms with Gasteiger partial charge in [0.25, 0.3) is 5.91 Å². The summed E-state index contributed by atoms with van der Waals surface area (Å²) in [7, 11) is -3.64. The van der Waals surface area contributed by atoms with E-state index in [4.69, 9.17) is 0 Å². The number of rotatable bonds is 5. The van der Waals surface area contributed by atoms with E-state index in [1.54, 1.807) is 19.1 Å². The molecule has 3 fully saturated rings. The zero-order valence-corrected chi connectivity index (χ0v) is 19.7. The van der Waals surface area contributed by atoms with Gasteiger partial charge in [0.15, 0.2) is 0 Å². The van der Waals surface area contributed by atoms with Crippen LogP contribution in [0.4, 0.5) is 4.79 Å². The molecule has 4 aliphatic rings. The van der Waals surface area contributed by atoms with Crippen molar-refractivity contribution < 1.29 is 22.8 Å². The summed E-state index contributed by atoms with van der Waals surface area (Å²) in [6, 6.07) is 4.88. The van der Waals surface area contributed by atoms with Crippen LogP contribution in [0.2, 0.25) is 0 Å². The van der Waals surface area contributed by atoms with Crippen LogP contribution in [0.5, 0.6) is 0 Å². The van der Waals surface area contributed by atoms with Gasteiger partial charge in [-0.1, -0.05) is 6.07 Å². The van der Waals surface area contributed by atoms with Crippen molar-refractivity contribution in [1.82, 2.24) is 19.4 Å². The number of hydrogen-bond donors (Lipinski definition) is 1. The number of piperazine rings is 1. The van der Waals surface area contributed by atoms with Crippen LogP contribution in [0.25, 0.3) is 0 Å². The second-order valence-electron chi connectivity index (χ2n) is 9.72. The average Bonchev–Trinajstić information content (AvgIpc) is 3.64. The van der Waals surface area contributed by atoms with Crippen LogP contribution >= 0.6 is 0 Å². The minimum atomic E-state index is -3.64. The number of amides is 4. The second-order valence-corrected chi connectivity index (χ2v) is 11.7. The van der Waals surface area contributed by atoms with Gasteiger partial charge in [-0.25, -0.2) is 13.2 Å². The lowest BCUT2D eigenvalue weighted by Gasteiger charge is -2.34. The molecule has 9 nitrogen and oxygen atoms in total. The van der Waals surface area contributed by atoms with Crippen LogP contribution in [-0.2, 0) is 32.5 Å². The largest absolute Gasteiger partial charge is 0.338 e. The summed E-state index contributed by atoms with van der Waals surface area (Å²) in [5.41, 5.74) is 1.43. The van der Waals surface area contributed by atoms with Gasteiger partial charge in [0.2, 0.25) is 15.9 Å². The number of sulfonamides is 1. The molecule has 1 atom stereocenters. The number of nitrogens with zero attached hydrogens (tertiary/aromatic N) is 3. The zero-order valence-electron chi connectivity index (χ0n) is 18.9. The van der Waals surface area contributed by atoms with Crippen LogP contribution in [0.15, 0.2) is 23.1 Å². The number of nitrogens with one attached hydrogen (secondary N) is 1. The molecule has 178 valence electrons. The van der Waals surface area contributed by atoms with Crippen LogP contribution < -0.4 is 5.32 Å². The topological polar surface area (TPSA) is 107 Å². The third kappa shape index (κ3) is 3.93. The van der Waals surface area contributed by atoms with Gasteiger partial charge < -0.3 is 10.2 Å². The van der Waals surface area contributed by atoms with E-state index in [1.807, 2.05) is 6.07 Å². The standard InChI is InChI=1S/C23H30N4O5S/c1-23(18-7-8-18)21(29)27(22(30)24-23)15-20(28)25-10-12-26(13-11-25)33(31,32)19-9-6-16-4-2-3-5-17(16)14-19/h6,9,14,18H,2-5,7-8,10-13,15H2,1H3,(H,24,30)/t23-/m0/s1. The van der Waals surface area contributed by atoms with Crippen LogP contribution in [0.3, 0.4) is 0 Å². The van der Waals surface area contributed by atoms with E-state index in [0.717, 1.165) is 49.0 Å². The van der Waals surface area contributed by atoms with E-state index in [0.29, 0.717) is 4.90 Å². The molecule has 1 aromatic carbocycles. The van der Waals surface area contributed by atoms with Gasteiger partial charge in [0.1, 0.15) is 12.1 Å². The van der Waals surface area contributed by atoms with E-state index in [1.165, 1.54) is 14.8 Å².